The van der Waals surface area contributed by atoms with Crippen LogP contribution in [0.4, 0.5) is 0 Å². The zero-order valence-electron chi connectivity index (χ0n) is 17.1. The molecule has 0 radical (unpaired) electrons. The summed E-state index contributed by atoms with van der Waals surface area (Å²) in [6.45, 7) is 3.90. The van der Waals surface area contributed by atoms with Gasteiger partial charge in [0, 0.05) is 13.3 Å². The molecule has 0 aromatic carbocycles. The Hall–Kier alpha value is -1.32. The summed E-state index contributed by atoms with van der Waals surface area (Å²) in [5, 5.41) is 0. The van der Waals surface area contributed by atoms with Gasteiger partial charge in [-0.05, 0) is 32.1 Å². The Morgan fingerprint density at radius 2 is 1.19 bits per heavy atom. The van der Waals surface area contributed by atoms with Crippen LogP contribution in [-0.2, 0) is 19.1 Å². The van der Waals surface area contributed by atoms with Crippen molar-refractivity contribution < 1.29 is 19.1 Å². The molecule has 4 heteroatoms. The number of allylic oxidation sites excluding steroid dienone is 2. The Labute approximate surface area is 160 Å². The van der Waals surface area contributed by atoms with Crippen molar-refractivity contribution in [3.8, 4) is 0 Å². The van der Waals surface area contributed by atoms with Crippen LogP contribution >= 0.6 is 0 Å². The molecule has 26 heavy (non-hydrogen) atoms. The standard InChI is InChI=1S/C22H40O4/c1-3-4-5-6-7-8-9-10-11-12-13-14-15-16-17-18-22(24)26-20-19-25-21(2)23/h10-11H,3-9,12-20H2,1-2H3. The third-order valence-electron chi connectivity index (χ3n) is 4.29. The highest BCUT2D eigenvalue weighted by molar-refractivity contribution is 5.69. The molecule has 0 spiro atoms. The molecule has 0 aliphatic rings. The minimum absolute atomic E-state index is 0.146. The van der Waals surface area contributed by atoms with Gasteiger partial charge in [-0.1, -0.05) is 70.4 Å². The summed E-state index contributed by atoms with van der Waals surface area (Å²) in [5.74, 6) is -0.548. The molecule has 0 amide bonds. The van der Waals surface area contributed by atoms with Crippen LogP contribution < -0.4 is 0 Å². The van der Waals surface area contributed by atoms with Crippen LogP contribution in [0.2, 0.25) is 0 Å². The van der Waals surface area contributed by atoms with E-state index in [9.17, 15) is 9.59 Å². The zero-order valence-corrected chi connectivity index (χ0v) is 17.1. The highest BCUT2D eigenvalue weighted by Gasteiger charge is 2.03. The van der Waals surface area contributed by atoms with Gasteiger partial charge >= 0.3 is 11.9 Å². The van der Waals surface area contributed by atoms with Gasteiger partial charge in [0.1, 0.15) is 13.2 Å². The SMILES string of the molecule is CCCCCCCCC=CCCCCCCCC(=O)OCCOC(C)=O. The lowest BCUT2D eigenvalue weighted by atomic mass is 10.1. The molecular weight excluding hydrogens is 328 g/mol. The molecule has 4 nitrogen and oxygen atoms in total. The molecule has 0 rings (SSSR count). The Morgan fingerprint density at radius 3 is 1.77 bits per heavy atom. The van der Waals surface area contributed by atoms with Gasteiger partial charge in [-0.15, -0.1) is 0 Å². The zero-order chi connectivity index (χ0) is 19.3. The first-order valence-electron chi connectivity index (χ1n) is 10.6. The van der Waals surface area contributed by atoms with Crippen molar-refractivity contribution in [1.82, 2.24) is 0 Å². The van der Waals surface area contributed by atoms with Crippen LogP contribution in [0.5, 0.6) is 0 Å². The molecule has 0 aliphatic carbocycles. The molecule has 0 saturated heterocycles. The minimum atomic E-state index is -0.349. The van der Waals surface area contributed by atoms with E-state index in [1.54, 1.807) is 0 Å². The molecule has 0 aromatic rings. The summed E-state index contributed by atoms with van der Waals surface area (Å²) in [6.07, 6.45) is 21.3. The third-order valence-corrected chi connectivity index (χ3v) is 4.29. The Balaban J connectivity index is 3.22. The molecular formula is C22H40O4. The summed E-state index contributed by atoms with van der Waals surface area (Å²) in [7, 11) is 0. The van der Waals surface area contributed by atoms with Gasteiger partial charge in [0.15, 0.2) is 0 Å². The quantitative estimate of drug-likeness (QED) is 0.166. The lowest BCUT2D eigenvalue weighted by molar-refractivity contribution is -0.151. The van der Waals surface area contributed by atoms with Crippen LogP contribution in [0.1, 0.15) is 104 Å². The van der Waals surface area contributed by atoms with Crippen molar-refractivity contribution in [3.05, 3.63) is 12.2 Å². The van der Waals surface area contributed by atoms with Gasteiger partial charge < -0.3 is 9.47 Å². The largest absolute Gasteiger partial charge is 0.462 e. The Morgan fingerprint density at radius 1 is 0.692 bits per heavy atom. The van der Waals surface area contributed by atoms with Crippen LogP contribution in [0.25, 0.3) is 0 Å². The van der Waals surface area contributed by atoms with Crippen molar-refractivity contribution in [2.24, 2.45) is 0 Å². The van der Waals surface area contributed by atoms with Crippen molar-refractivity contribution in [3.63, 3.8) is 0 Å². The molecule has 0 atom stereocenters. The predicted molar refractivity (Wildman–Crippen MR) is 107 cm³/mol. The Kier molecular flexibility index (Phi) is 19.0. The maximum Gasteiger partial charge on any atom is 0.305 e. The fourth-order valence-corrected chi connectivity index (χ4v) is 2.75. The predicted octanol–water partition coefficient (Wildman–Crippen LogP) is 6.13. The number of carbonyl (C=O) groups excluding carboxylic acids is 2. The van der Waals surface area contributed by atoms with Crippen molar-refractivity contribution in [2.75, 3.05) is 13.2 Å². The van der Waals surface area contributed by atoms with E-state index >= 15 is 0 Å². The number of hydrogen-bond acceptors (Lipinski definition) is 4. The summed E-state index contributed by atoms with van der Waals surface area (Å²) in [5.41, 5.74) is 0. The van der Waals surface area contributed by atoms with Gasteiger partial charge in [-0.3, -0.25) is 9.59 Å². The highest BCUT2D eigenvalue weighted by atomic mass is 16.6. The molecule has 0 bridgehead atoms. The van der Waals surface area contributed by atoms with Crippen LogP contribution in [0.3, 0.4) is 0 Å². The van der Waals surface area contributed by atoms with Gasteiger partial charge in [-0.25, -0.2) is 0 Å². The highest BCUT2D eigenvalue weighted by Crippen LogP contribution is 2.10. The second kappa shape index (κ2) is 20.0. The molecule has 0 aromatic heterocycles. The molecule has 0 heterocycles. The fourth-order valence-electron chi connectivity index (χ4n) is 2.75. The van der Waals surface area contributed by atoms with E-state index < -0.39 is 0 Å². The Bertz CT molecular complexity index is 363. The average Bonchev–Trinajstić information content (AvgIpc) is 2.62. The number of hydrogen-bond donors (Lipinski definition) is 0. The number of rotatable bonds is 18. The molecule has 0 saturated carbocycles. The normalized spacial score (nSPS) is 11.0. The topological polar surface area (TPSA) is 52.6 Å². The first-order valence-corrected chi connectivity index (χ1v) is 10.6. The molecule has 0 fully saturated rings. The summed E-state index contributed by atoms with van der Waals surface area (Å²) in [4.78, 5) is 22.0. The van der Waals surface area contributed by atoms with Gasteiger partial charge in [0.2, 0.25) is 0 Å². The number of esters is 2. The lowest BCUT2D eigenvalue weighted by Gasteiger charge is -2.05. The monoisotopic (exact) mass is 368 g/mol. The molecule has 152 valence electrons. The first kappa shape index (κ1) is 24.7. The summed E-state index contributed by atoms with van der Waals surface area (Å²) < 4.78 is 9.69. The fraction of sp³-hybridized carbons (Fsp3) is 0.818. The minimum Gasteiger partial charge on any atom is -0.462 e. The first-order chi connectivity index (χ1) is 12.7. The average molecular weight is 369 g/mol. The molecule has 0 unspecified atom stereocenters. The maximum absolute atomic E-state index is 11.4. The summed E-state index contributed by atoms with van der Waals surface area (Å²) in [6, 6.07) is 0. The van der Waals surface area contributed by atoms with Crippen LogP contribution in [-0.4, -0.2) is 25.2 Å². The van der Waals surface area contributed by atoms with Gasteiger partial charge in [-0.2, -0.15) is 0 Å². The van der Waals surface area contributed by atoms with E-state index in [0.29, 0.717) is 6.42 Å². The van der Waals surface area contributed by atoms with E-state index in [1.165, 1.54) is 77.6 Å². The third kappa shape index (κ3) is 20.7. The van der Waals surface area contributed by atoms with Crippen molar-refractivity contribution >= 4 is 11.9 Å². The lowest BCUT2D eigenvalue weighted by Crippen LogP contribution is -2.12. The van der Waals surface area contributed by atoms with E-state index in [2.05, 4.69) is 19.1 Å². The van der Waals surface area contributed by atoms with E-state index in [4.69, 9.17) is 9.47 Å². The van der Waals surface area contributed by atoms with E-state index in [-0.39, 0.29) is 25.2 Å². The summed E-state index contributed by atoms with van der Waals surface area (Å²) >= 11 is 0. The number of ether oxygens (including phenoxy) is 2. The van der Waals surface area contributed by atoms with Crippen LogP contribution in [0.15, 0.2) is 12.2 Å². The van der Waals surface area contributed by atoms with Crippen LogP contribution in [0, 0.1) is 0 Å². The van der Waals surface area contributed by atoms with Crippen molar-refractivity contribution in [2.45, 2.75) is 104 Å². The number of carbonyl (C=O) groups is 2. The van der Waals surface area contributed by atoms with E-state index in [0.717, 1.165) is 12.8 Å². The smallest absolute Gasteiger partial charge is 0.305 e. The molecule has 0 aliphatic heterocycles. The van der Waals surface area contributed by atoms with Gasteiger partial charge in [0.05, 0.1) is 0 Å². The maximum atomic E-state index is 11.4. The second-order valence-corrected chi connectivity index (χ2v) is 6.89. The molecule has 0 N–H and O–H groups in total. The second-order valence-electron chi connectivity index (χ2n) is 6.89. The van der Waals surface area contributed by atoms with Gasteiger partial charge in [0.25, 0.3) is 0 Å². The van der Waals surface area contributed by atoms with Crippen molar-refractivity contribution in [1.29, 1.82) is 0 Å². The number of unbranched alkanes of at least 4 members (excludes halogenated alkanes) is 11. The van der Waals surface area contributed by atoms with E-state index in [1.807, 2.05) is 0 Å².